The molecule has 6 heterocycles. The molecule has 0 radical (unpaired) electrons. The second kappa shape index (κ2) is 16.7. The number of aromatic amines is 1. The van der Waals surface area contributed by atoms with Crippen molar-refractivity contribution in [2.75, 3.05) is 0 Å². The number of H-pyrrole nitrogens is 1. The summed E-state index contributed by atoms with van der Waals surface area (Å²) in [5.74, 6) is -1.17. The van der Waals surface area contributed by atoms with Crippen LogP contribution in [0.15, 0.2) is 126 Å². The Labute approximate surface area is 350 Å². The Hall–Kier alpha value is -6.70. The molecule has 0 atom stereocenters. The number of hydrogen-bond donors (Lipinski definition) is 2. The Balaban J connectivity index is 0.000000140. The van der Waals surface area contributed by atoms with Gasteiger partial charge in [-0.3, -0.25) is 18.7 Å². The summed E-state index contributed by atoms with van der Waals surface area (Å²) in [6.07, 6.45) is 5.90. The first-order valence-electron chi connectivity index (χ1n) is 18.6. The molecule has 312 valence electrons. The number of rotatable bonds is 7. The van der Waals surface area contributed by atoms with Crippen molar-refractivity contribution in [3.8, 4) is 0 Å². The summed E-state index contributed by atoms with van der Waals surface area (Å²) in [4.78, 5) is 63.8. The first-order chi connectivity index (χ1) is 29.3. The van der Waals surface area contributed by atoms with Gasteiger partial charge in [0.05, 0.1) is 22.9 Å². The number of nitrogens with zero attached hydrogens (tertiary/aromatic N) is 9. The lowest BCUT2D eigenvalue weighted by atomic mass is 9.73. The van der Waals surface area contributed by atoms with Gasteiger partial charge in [-0.15, -0.1) is 10.2 Å². The molecule has 2 saturated carbocycles. The minimum atomic E-state index is -1.54. The Morgan fingerprint density at radius 2 is 1.18 bits per heavy atom. The number of nitrogens with one attached hydrogen (secondary N) is 1. The van der Waals surface area contributed by atoms with Crippen LogP contribution in [0.1, 0.15) is 54.6 Å². The average molecular weight is 874 g/mol. The first-order valence-corrected chi connectivity index (χ1v) is 19.3. The van der Waals surface area contributed by atoms with Crippen LogP contribution < -0.4 is 22.6 Å². The van der Waals surface area contributed by atoms with Gasteiger partial charge in [0.25, 0.3) is 11.1 Å². The monoisotopic (exact) mass is 872 g/mol. The molecule has 2 N–H and O–H groups in total. The van der Waals surface area contributed by atoms with E-state index in [1.807, 2.05) is 0 Å². The van der Waals surface area contributed by atoms with E-state index in [4.69, 9.17) is 37.1 Å². The molecule has 0 spiro atoms. The Morgan fingerprint density at radius 3 is 1.66 bits per heavy atom. The van der Waals surface area contributed by atoms with Gasteiger partial charge in [0, 0.05) is 48.1 Å². The molecule has 61 heavy (non-hydrogen) atoms. The lowest BCUT2D eigenvalue weighted by Gasteiger charge is -2.40. The molecular weight excluding hydrogens is 841 g/mol. The quantitative estimate of drug-likeness (QED) is 0.215. The van der Waals surface area contributed by atoms with Crippen LogP contribution in [0.4, 0.5) is 8.78 Å². The van der Waals surface area contributed by atoms with Gasteiger partial charge in [-0.25, -0.2) is 43.4 Å². The van der Waals surface area contributed by atoms with Crippen LogP contribution in [0.5, 0.6) is 0 Å². The van der Waals surface area contributed by atoms with Gasteiger partial charge in [-0.2, -0.15) is 4.68 Å². The molecule has 0 aliphatic heterocycles. The second-order valence-corrected chi connectivity index (χ2v) is 15.3. The van der Waals surface area contributed by atoms with Crippen molar-refractivity contribution in [3.05, 3.63) is 173 Å². The van der Waals surface area contributed by atoms with Crippen LogP contribution in [-0.4, -0.2) is 60.3 Å². The maximum atomic E-state index is 15.1. The fraction of sp³-hybridized carbons (Fsp3) is 0.250. The zero-order valence-electron chi connectivity index (χ0n) is 31.6. The minimum absolute atomic E-state index is 0.0371. The van der Waals surface area contributed by atoms with Crippen molar-refractivity contribution >= 4 is 45.3 Å². The molecule has 0 bridgehead atoms. The van der Waals surface area contributed by atoms with Gasteiger partial charge >= 0.3 is 11.5 Å². The highest BCUT2D eigenvalue weighted by atomic mass is 35.5. The van der Waals surface area contributed by atoms with Crippen LogP contribution in [0.3, 0.4) is 0 Å². The van der Waals surface area contributed by atoms with Crippen molar-refractivity contribution in [1.29, 1.82) is 0 Å². The number of alkyl halides is 2. The van der Waals surface area contributed by atoms with Gasteiger partial charge in [0.15, 0.2) is 11.3 Å². The highest BCUT2D eigenvalue weighted by Crippen LogP contribution is 2.51. The molecule has 17 nitrogen and oxygen atoms in total. The van der Waals surface area contributed by atoms with Crippen LogP contribution in [-0.2, 0) is 24.4 Å². The number of halogens is 4. The van der Waals surface area contributed by atoms with E-state index in [-0.39, 0.29) is 61.7 Å². The molecular formula is C40H32Cl2F2N10O7. The lowest BCUT2D eigenvalue weighted by Crippen LogP contribution is -2.41. The van der Waals surface area contributed by atoms with Crippen LogP contribution in [0.25, 0.3) is 22.1 Å². The molecule has 21 heteroatoms. The van der Waals surface area contributed by atoms with E-state index in [1.54, 1.807) is 85.2 Å². The predicted molar refractivity (Wildman–Crippen MR) is 216 cm³/mol. The molecule has 10 rings (SSSR count). The number of hydrogen-bond acceptors (Lipinski definition) is 13. The fourth-order valence-electron chi connectivity index (χ4n) is 6.98. The molecule has 0 amide bonds. The number of benzene rings is 2. The topological polar surface area (TPSA) is 223 Å². The van der Waals surface area contributed by atoms with E-state index in [2.05, 4.69) is 35.2 Å². The summed E-state index contributed by atoms with van der Waals surface area (Å²) < 4.78 is 42.6. The number of aliphatic hydroxyl groups is 1. The Bertz CT molecular complexity index is 3080. The molecule has 2 aromatic carbocycles. The maximum absolute atomic E-state index is 15.1. The largest absolute Gasteiger partial charge is 0.437 e. The zero-order chi connectivity index (χ0) is 42.9. The van der Waals surface area contributed by atoms with Crippen molar-refractivity contribution in [3.63, 3.8) is 0 Å². The Morgan fingerprint density at radius 1 is 0.689 bits per heavy atom. The summed E-state index contributed by atoms with van der Waals surface area (Å²) in [7, 11) is 0. The Kier molecular flexibility index (Phi) is 11.3. The molecule has 6 aromatic heterocycles. The second-order valence-electron chi connectivity index (χ2n) is 14.4. The zero-order valence-corrected chi connectivity index (χ0v) is 33.1. The summed E-state index contributed by atoms with van der Waals surface area (Å²) >= 11 is 11.5. The molecule has 2 aliphatic rings. The van der Waals surface area contributed by atoms with Crippen LogP contribution in [0, 0.1) is 0 Å². The van der Waals surface area contributed by atoms with Gasteiger partial charge < -0.3 is 13.9 Å². The average Bonchev–Trinajstić information content (AvgIpc) is 3.82. The number of pyridine rings is 2. The summed E-state index contributed by atoms with van der Waals surface area (Å²) in [6, 6.07) is 19.4. The number of aromatic nitrogens is 10. The number of fused-ring (bicyclic) bond motifs is 2. The summed E-state index contributed by atoms with van der Waals surface area (Å²) in [5.41, 5.74) is -1.61. The van der Waals surface area contributed by atoms with Crippen molar-refractivity contribution in [2.45, 2.75) is 62.3 Å². The van der Waals surface area contributed by atoms with Gasteiger partial charge in [-0.1, -0.05) is 47.5 Å². The van der Waals surface area contributed by atoms with Crippen molar-refractivity contribution < 1.29 is 22.7 Å². The smallest absolute Gasteiger partial charge is 0.393 e. The minimum Gasteiger partial charge on any atom is -0.393 e. The maximum Gasteiger partial charge on any atom is 0.437 e. The molecule has 0 unspecified atom stereocenters. The lowest BCUT2D eigenvalue weighted by molar-refractivity contribution is -0.0606. The van der Waals surface area contributed by atoms with E-state index >= 15 is 4.39 Å². The van der Waals surface area contributed by atoms with Crippen molar-refractivity contribution in [1.82, 2.24) is 49.0 Å². The summed E-state index contributed by atoms with van der Waals surface area (Å²) in [5, 5.41) is 20.8. The van der Waals surface area contributed by atoms with Crippen LogP contribution >= 0.6 is 23.2 Å². The van der Waals surface area contributed by atoms with E-state index in [0.29, 0.717) is 43.2 Å². The first kappa shape index (κ1) is 41.1. The normalized spacial score (nSPS) is 20.5. The summed E-state index contributed by atoms with van der Waals surface area (Å²) in [6.45, 7) is -0.0288. The molecule has 2 fully saturated rings. The van der Waals surface area contributed by atoms with Crippen LogP contribution in [0.2, 0.25) is 10.0 Å². The predicted octanol–water partition coefficient (Wildman–Crippen LogP) is 5.02. The van der Waals surface area contributed by atoms with E-state index < -0.39 is 35.0 Å². The molecule has 2 aliphatic carbocycles. The molecule has 8 aromatic rings. The van der Waals surface area contributed by atoms with Gasteiger partial charge in [-0.05, 0) is 59.7 Å². The van der Waals surface area contributed by atoms with E-state index in [9.17, 15) is 23.6 Å². The molecule has 0 saturated heterocycles. The fourth-order valence-corrected chi connectivity index (χ4v) is 7.23. The van der Waals surface area contributed by atoms with E-state index in [0.717, 1.165) is 4.68 Å². The third-order valence-corrected chi connectivity index (χ3v) is 10.7. The van der Waals surface area contributed by atoms with Gasteiger partial charge in [0.1, 0.15) is 37.1 Å². The van der Waals surface area contributed by atoms with E-state index in [1.165, 1.54) is 21.8 Å². The third-order valence-electron chi connectivity index (χ3n) is 10.2. The van der Waals surface area contributed by atoms with Crippen molar-refractivity contribution in [2.24, 2.45) is 0 Å². The SMILES string of the molecule is O=c1[nH]nc(Cn2cnc3ncccc3c2=O)o1.O=c1c2cccnc2ncn1Cc1nn(C2CC(F)(c3ccc(Cl)cc3)C2)c(=O)o1.OC1CC(F)(c2ccc(Cl)cc2)C1. The van der Waals surface area contributed by atoms with Gasteiger partial charge in [0.2, 0.25) is 11.8 Å². The highest BCUT2D eigenvalue weighted by Gasteiger charge is 2.48. The highest BCUT2D eigenvalue weighted by molar-refractivity contribution is 6.30. The third kappa shape index (κ3) is 8.79. The standard InChI is InChI=1S/C20H15ClFN5O3.C10H10ClFO.C10H7N5O3/c21-13-5-3-12(4-6-13)20(22)8-14(9-20)27-19(29)30-16(25-27)10-26-11-24-17-15(18(26)28)2-1-7-23-17;11-8-3-1-7(2-4-8)10(12)5-9(13)6-10;16-9-6-2-1-3-11-8(6)12-5-15(9)4-7-13-14-10(17)18-7/h1-7,11,14H,8-10H2;1-4,9,13H,5-6H2;1-3,5H,4H2,(H,14,17). The number of aliphatic hydroxyl groups excluding tert-OH is 1.